The van der Waals surface area contributed by atoms with E-state index < -0.39 is 0 Å². The van der Waals surface area contributed by atoms with Gasteiger partial charge in [-0.25, -0.2) is 0 Å². The van der Waals surface area contributed by atoms with E-state index in [0.717, 1.165) is 37.5 Å². The second-order valence-corrected chi connectivity index (χ2v) is 8.25. The number of anilines is 1. The van der Waals surface area contributed by atoms with Gasteiger partial charge >= 0.3 is 0 Å². The van der Waals surface area contributed by atoms with Gasteiger partial charge in [-0.3, -0.25) is 9.69 Å². The summed E-state index contributed by atoms with van der Waals surface area (Å²) in [6, 6.07) is 8.52. The van der Waals surface area contributed by atoms with Crippen molar-refractivity contribution in [2.24, 2.45) is 0 Å². The van der Waals surface area contributed by atoms with E-state index in [4.69, 9.17) is 0 Å². The molecule has 1 aliphatic heterocycles. The summed E-state index contributed by atoms with van der Waals surface area (Å²) in [6.07, 6.45) is 8.98. The van der Waals surface area contributed by atoms with Crippen LogP contribution < -0.4 is 5.32 Å². The Hall–Kier alpha value is -0.870. The van der Waals surface area contributed by atoms with E-state index in [1.54, 1.807) is 0 Å². The maximum Gasteiger partial charge on any atom is 0.238 e. The molecule has 1 aromatic carbocycles. The molecule has 1 aliphatic carbocycles. The molecule has 126 valence electrons. The molecule has 0 radical (unpaired) electrons. The first-order valence-corrected chi connectivity index (χ1v) is 9.88. The molecule has 1 saturated carbocycles. The maximum absolute atomic E-state index is 12.2. The van der Waals surface area contributed by atoms with Gasteiger partial charge in [-0.1, -0.05) is 47.3 Å². The number of amides is 1. The number of carbonyl (C=O) groups excluding carboxylic acids is 1. The standard InChI is InChI=1S/C19H27BrN2O/c20-17-10-12-22(13-11-17)14-19(23)21-18-8-6-16(7-9-18)15-4-2-1-3-5-15/h6-9,15,17H,1-5,10-14H2,(H,21,23). The van der Waals surface area contributed by atoms with Gasteiger partial charge in [0.2, 0.25) is 5.91 Å². The van der Waals surface area contributed by atoms with Crippen LogP contribution in [0.3, 0.4) is 0 Å². The Morgan fingerprint density at radius 2 is 1.70 bits per heavy atom. The number of likely N-dealkylation sites (tertiary alicyclic amines) is 1. The van der Waals surface area contributed by atoms with Gasteiger partial charge in [0.05, 0.1) is 6.54 Å². The van der Waals surface area contributed by atoms with Crippen LogP contribution in [-0.4, -0.2) is 35.3 Å². The Kier molecular flexibility index (Phi) is 6.12. The van der Waals surface area contributed by atoms with E-state index in [0.29, 0.717) is 11.4 Å². The third kappa shape index (κ3) is 5.05. The highest BCUT2D eigenvalue weighted by molar-refractivity contribution is 9.09. The van der Waals surface area contributed by atoms with Crippen molar-refractivity contribution in [2.75, 3.05) is 25.0 Å². The Labute approximate surface area is 148 Å². The fourth-order valence-electron chi connectivity index (χ4n) is 3.74. The van der Waals surface area contributed by atoms with Gasteiger partial charge in [0.1, 0.15) is 0 Å². The number of benzene rings is 1. The topological polar surface area (TPSA) is 32.3 Å². The summed E-state index contributed by atoms with van der Waals surface area (Å²) < 4.78 is 0. The van der Waals surface area contributed by atoms with Crippen molar-refractivity contribution in [3.05, 3.63) is 29.8 Å². The smallest absolute Gasteiger partial charge is 0.238 e. The lowest BCUT2D eigenvalue weighted by Gasteiger charge is -2.28. The van der Waals surface area contributed by atoms with E-state index in [-0.39, 0.29) is 5.91 Å². The van der Waals surface area contributed by atoms with Gasteiger partial charge in [-0.15, -0.1) is 0 Å². The summed E-state index contributed by atoms with van der Waals surface area (Å²) in [6.45, 7) is 2.51. The van der Waals surface area contributed by atoms with E-state index >= 15 is 0 Å². The molecule has 0 spiro atoms. The number of hydrogen-bond acceptors (Lipinski definition) is 2. The average molecular weight is 379 g/mol. The van der Waals surface area contributed by atoms with Gasteiger partial charge in [0.25, 0.3) is 0 Å². The van der Waals surface area contributed by atoms with Crippen molar-refractivity contribution in [1.82, 2.24) is 4.90 Å². The predicted octanol–water partition coefficient (Wildman–Crippen LogP) is 4.53. The van der Waals surface area contributed by atoms with Gasteiger partial charge in [0.15, 0.2) is 0 Å². The van der Waals surface area contributed by atoms with Crippen molar-refractivity contribution in [1.29, 1.82) is 0 Å². The predicted molar refractivity (Wildman–Crippen MR) is 99.3 cm³/mol. The van der Waals surface area contributed by atoms with Crippen LogP contribution in [0.15, 0.2) is 24.3 Å². The fourth-order valence-corrected chi connectivity index (χ4v) is 4.15. The Bertz CT molecular complexity index is 503. The summed E-state index contributed by atoms with van der Waals surface area (Å²) in [5.41, 5.74) is 2.35. The molecule has 0 aromatic heterocycles. The number of alkyl halides is 1. The minimum absolute atomic E-state index is 0.100. The van der Waals surface area contributed by atoms with Crippen LogP contribution >= 0.6 is 15.9 Å². The third-order valence-electron chi connectivity index (χ3n) is 5.16. The van der Waals surface area contributed by atoms with Crippen LogP contribution in [0.1, 0.15) is 56.4 Å². The number of rotatable bonds is 4. The normalized spacial score (nSPS) is 21.3. The molecule has 0 bridgehead atoms. The molecule has 1 N–H and O–H groups in total. The molecule has 0 unspecified atom stereocenters. The highest BCUT2D eigenvalue weighted by Crippen LogP contribution is 2.32. The Morgan fingerprint density at radius 1 is 1.04 bits per heavy atom. The highest BCUT2D eigenvalue weighted by atomic mass is 79.9. The molecule has 0 atom stereocenters. The Morgan fingerprint density at radius 3 is 2.35 bits per heavy atom. The molecule has 1 saturated heterocycles. The van der Waals surface area contributed by atoms with Crippen molar-refractivity contribution in [2.45, 2.75) is 55.7 Å². The zero-order valence-electron chi connectivity index (χ0n) is 13.8. The summed E-state index contributed by atoms with van der Waals surface area (Å²) in [5.74, 6) is 0.822. The molecule has 23 heavy (non-hydrogen) atoms. The molecule has 1 amide bonds. The van der Waals surface area contributed by atoms with E-state index in [2.05, 4.69) is 50.4 Å². The van der Waals surface area contributed by atoms with E-state index in [1.807, 2.05) is 0 Å². The van der Waals surface area contributed by atoms with Crippen LogP contribution in [0.25, 0.3) is 0 Å². The van der Waals surface area contributed by atoms with Crippen molar-refractivity contribution < 1.29 is 4.79 Å². The fraction of sp³-hybridized carbons (Fsp3) is 0.632. The molecule has 1 aromatic rings. The minimum Gasteiger partial charge on any atom is -0.325 e. The average Bonchev–Trinajstić information content (AvgIpc) is 2.58. The first-order chi connectivity index (χ1) is 11.2. The van der Waals surface area contributed by atoms with Crippen molar-refractivity contribution in [3.8, 4) is 0 Å². The van der Waals surface area contributed by atoms with Gasteiger partial charge in [0, 0.05) is 10.5 Å². The molecule has 3 nitrogen and oxygen atoms in total. The lowest BCUT2D eigenvalue weighted by molar-refractivity contribution is -0.117. The number of piperidine rings is 1. The summed E-state index contributed by atoms with van der Waals surface area (Å²) >= 11 is 3.65. The van der Waals surface area contributed by atoms with Crippen molar-refractivity contribution >= 4 is 27.5 Å². The van der Waals surface area contributed by atoms with Crippen LogP contribution in [0.4, 0.5) is 5.69 Å². The summed E-state index contributed by atoms with van der Waals surface area (Å²) in [7, 11) is 0. The van der Waals surface area contributed by atoms with Crippen molar-refractivity contribution in [3.63, 3.8) is 0 Å². The van der Waals surface area contributed by atoms with Crippen LogP contribution in [0, 0.1) is 0 Å². The maximum atomic E-state index is 12.2. The Balaban J connectivity index is 1.48. The molecule has 3 rings (SSSR count). The number of halogens is 1. The largest absolute Gasteiger partial charge is 0.325 e. The first kappa shape index (κ1) is 17.0. The van der Waals surface area contributed by atoms with Gasteiger partial charge in [-0.05, 0) is 62.4 Å². The van der Waals surface area contributed by atoms with E-state index in [9.17, 15) is 4.79 Å². The third-order valence-corrected chi connectivity index (χ3v) is 6.07. The highest BCUT2D eigenvalue weighted by Gasteiger charge is 2.19. The number of hydrogen-bond donors (Lipinski definition) is 1. The summed E-state index contributed by atoms with van der Waals surface area (Å²) in [5, 5.41) is 3.04. The number of nitrogens with zero attached hydrogens (tertiary/aromatic N) is 1. The van der Waals surface area contributed by atoms with Crippen LogP contribution in [0.2, 0.25) is 0 Å². The second-order valence-electron chi connectivity index (χ2n) is 6.96. The number of nitrogens with one attached hydrogen (secondary N) is 1. The lowest BCUT2D eigenvalue weighted by atomic mass is 9.84. The minimum atomic E-state index is 0.100. The molecule has 4 heteroatoms. The van der Waals surface area contributed by atoms with Crippen LogP contribution in [-0.2, 0) is 4.79 Å². The zero-order valence-corrected chi connectivity index (χ0v) is 15.4. The SMILES string of the molecule is O=C(CN1CCC(Br)CC1)Nc1ccc(C2CCCCC2)cc1. The monoisotopic (exact) mass is 378 g/mol. The molecule has 2 fully saturated rings. The quantitative estimate of drug-likeness (QED) is 0.780. The van der Waals surface area contributed by atoms with Gasteiger partial charge in [-0.2, -0.15) is 0 Å². The number of carbonyl (C=O) groups is 1. The molecular formula is C19H27BrN2O. The second kappa shape index (κ2) is 8.29. The summed E-state index contributed by atoms with van der Waals surface area (Å²) in [4.78, 5) is 15.0. The molecule has 1 heterocycles. The molecule has 2 aliphatic rings. The zero-order chi connectivity index (χ0) is 16.1. The van der Waals surface area contributed by atoms with Gasteiger partial charge < -0.3 is 5.32 Å². The lowest BCUT2D eigenvalue weighted by Crippen LogP contribution is -2.39. The van der Waals surface area contributed by atoms with Crippen LogP contribution in [0.5, 0.6) is 0 Å². The van der Waals surface area contributed by atoms with E-state index in [1.165, 1.54) is 37.7 Å². The molecular weight excluding hydrogens is 352 g/mol. The first-order valence-electron chi connectivity index (χ1n) is 8.97.